The topological polar surface area (TPSA) is 89.0 Å². The molecule has 2 atom stereocenters. The fraction of sp³-hybridized carbons (Fsp3) is 0.435. The summed E-state index contributed by atoms with van der Waals surface area (Å²) in [4.78, 5) is 21.6. The number of carbonyl (C=O) groups excluding carboxylic acids is 1. The van der Waals surface area contributed by atoms with Gasteiger partial charge in [-0.25, -0.2) is 22.2 Å². The van der Waals surface area contributed by atoms with E-state index in [0.29, 0.717) is 24.8 Å². The van der Waals surface area contributed by atoms with E-state index in [2.05, 4.69) is 15.3 Å². The van der Waals surface area contributed by atoms with Crippen LogP contribution in [0.15, 0.2) is 47.6 Å². The zero-order valence-electron chi connectivity index (χ0n) is 17.7. The molecule has 1 aromatic carbocycles. The number of anilines is 1. The third-order valence-corrected chi connectivity index (χ3v) is 8.14. The molecule has 4 rings (SSSR count). The van der Waals surface area contributed by atoms with Gasteiger partial charge in [0.1, 0.15) is 12.3 Å². The van der Waals surface area contributed by atoms with Crippen LogP contribution < -0.4 is 5.32 Å². The van der Waals surface area contributed by atoms with Crippen molar-refractivity contribution in [3.05, 3.63) is 54.0 Å². The average molecular weight is 462 g/mol. The van der Waals surface area contributed by atoms with Crippen LogP contribution in [0.5, 0.6) is 0 Å². The van der Waals surface area contributed by atoms with Gasteiger partial charge < -0.3 is 5.32 Å². The molecule has 170 valence electrons. The van der Waals surface area contributed by atoms with E-state index in [4.69, 9.17) is 0 Å². The van der Waals surface area contributed by atoms with E-state index in [-0.39, 0.29) is 34.4 Å². The van der Waals surface area contributed by atoms with Crippen molar-refractivity contribution in [3.63, 3.8) is 0 Å². The van der Waals surface area contributed by atoms with Crippen molar-refractivity contribution in [3.8, 4) is 0 Å². The Morgan fingerprint density at radius 2 is 1.75 bits per heavy atom. The van der Waals surface area contributed by atoms with Gasteiger partial charge >= 0.3 is 0 Å². The summed E-state index contributed by atoms with van der Waals surface area (Å²) in [5.41, 5.74) is 1.46. The smallest absolute Gasteiger partial charge is 0.257 e. The minimum Gasteiger partial charge on any atom is -0.305 e. The lowest BCUT2D eigenvalue weighted by atomic mass is 9.98. The molecule has 32 heavy (non-hydrogen) atoms. The van der Waals surface area contributed by atoms with Crippen LogP contribution in [0.4, 0.5) is 14.6 Å². The maximum atomic E-state index is 13.7. The van der Waals surface area contributed by atoms with Gasteiger partial charge in [-0.15, -0.1) is 0 Å². The van der Waals surface area contributed by atoms with Gasteiger partial charge in [-0.1, -0.05) is 25.1 Å². The molecular formula is C23H25F2N3O3S. The van der Waals surface area contributed by atoms with Gasteiger partial charge in [-0.3, -0.25) is 9.78 Å². The van der Waals surface area contributed by atoms with Crippen molar-refractivity contribution in [2.45, 2.75) is 61.5 Å². The van der Waals surface area contributed by atoms with E-state index >= 15 is 0 Å². The van der Waals surface area contributed by atoms with E-state index in [1.54, 1.807) is 24.4 Å². The van der Waals surface area contributed by atoms with E-state index in [1.165, 1.54) is 18.3 Å². The number of benzene rings is 1. The Kier molecular flexibility index (Phi) is 6.37. The first-order valence-electron chi connectivity index (χ1n) is 10.7. The summed E-state index contributed by atoms with van der Waals surface area (Å²) in [6.45, 7) is 1.94. The molecular weight excluding hydrogens is 436 g/mol. The summed E-state index contributed by atoms with van der Waals surface area (Å²) in [7, 11) is -3.36. The number of aromatic nitrogens is 2. The number of nitrogens with one attached hydrogen (secondary N) is 1. The molecule has 6 nitrogen and oxygen atoms in total. The molecule has 2 aliphatic carbocycles. The summed E-state index contributed by atoms with van der Waals surface area (Å²) in [5, 5.41) is 2.34. The number of nitrogens with zero attached hydrogens (tertiary/aromatic N) is 2. The Morgan fingerprint density at radius 3 is 2.28 bits per heavy atom. The lowest BCUT2D eigenvalue weighted by Crippen LogP contribution is -2.16. The molecule has 2 fully saturated rings. The standard InChI is InChI=1S/C23H25F2N3O3S/c1-2-16-12-27-22(13-26-16)28-23(29)19(9-14-10-20(24)21(25)11-14)15-3-5-17(6-4-15)32(30,31)18-7-8-18/h3-6,9,12-14,18,20-21H,2,7-8,10-11H2,1H3,(H,27,28,29)/b19-9+. The molecule has 2 saturated carbocycles. The molecule has 0 aliphatic heterocycles. The summed E-state index contributed by atoms with van der Waals surface area (Å²) in [6, 6.07) is 6.07. The number of halogens is 2. The van der Waals surface area contributed by atoms with Gasteiger partial charge in [0.2, 0.25) is 0 Å². The second-order valence-corrected chi connectivity index (χ2v) is 10.5. The minimum atomic E-state index is -3.36. The average Bonchev–Trinajstić information content (AvgIpc) is 3.59. The number of rotatable bonds is 7. The van der Waals surface area contributed by atoms with Crippen molar-refractivity contribution in [1.82, 2.24) is 9.97 Å². The molecule has 0 saturated heterocycles. The fourth-order valence-electron chi connectivity index (χ4n) is 3.83. The van der Waals surface area contributed by atoms with Crippen LogP contribution in [0.1, 0.15) is 43.9 Å². The number of amides is 1. The Labute approximate surface area is 186 Å². The Morgan fingerprint density at radius 1 is 1.09 bits per heavy atom. The predicted octanol–water partition coefficient (Wildman–Crippen LogP) is 4.08. The number of allylic oxidation sites excluding steroid dienone is 1. The number of alkyl halides is 2. The summed E-state index contributed by atoms with van der Waals surface area (Å²) < 4.78 is 52.4. The second kappa shape index (κ2) is 9.05. The molecule has 2 unspecified atom stereocenters. The predicted molar refractivity (Wildman–Crippen MR) is 117 cm³/mol. The normalized spacial score (nSPS) is 23.8. The first kappa shape index (κ1) is 22.5. The van der Waals surface area contributed by atoms with Crippen LogP contribution in [-0.2, 0) is 21.1 Å². The number of aryl methyl sites for hydroxylation is 1. The zero-order chi connectivity index (χ0) is 22.9. The number of hydrogen-bond donors (Lipinski definition) is 1. The van der Waals surface area contributed by atoms with Crippen LogP contribution in [0, 0.1) is 5.92 Å². The van der Waals surface area contributed by atoms with Crippen molar-refractivity contribution >= 4 is 27.1 Å². The van der Waals surface area contributed by atoms with Crippen molar-refractivity contribution < 1.29 is 22.0 Å². The van der Waals surface area contributed by atoms with E-state index < -0.39 is 34.0 Å². The lowest BCUT2D eigenvalue weighted by Gasteiger charge is -2.12. The van der Waals surface area contributed by atoms with Crippen LogP contribution in [0.2, 0.25) is 0 Å². The van der Waals surface area contributed by atoms with Gasteiger partial charge in [-0.2, -0.15) is 0 Å². The minimum absolute atomic E-state index is 0.00288. The summed E-state index contributed by atoms with van der Waals surface area (Å²) in [5.74, 6) is -0.688. The lowest BCUT2D eigenvalue weighted by molar-refractivity contribution is -0.111. The highest BCUT2D eigenvalue weighted by molar-refractivity contribution is 7.92. The maximum absolute atomic E-state index is 13.7. The number of sulfone groups is 1. The largest absolute Gasteiger partial charge is 0.305 e. The first-order valence-corrected chi connectivity index (χ1v) is 12.3. The third-order valence-electron chi connectivity index (χ3n) is 5.86. The van der Waals surface area contributed by atoms with Crippen LogP contribution in [0.25, 0.3) is 5.57 Å². The molecule has 1 N–H and O–H groups in total. The Hall–Kier alpha value is -2.68. The SMILES string of the molecule is CCc1cnc(NC(=O)/C(=C/C2CC(F)C(F)C2)c2ccc(S(=O)(=O)C3CC3)cc2)cn1. The fourth-order valence-corrected chi connectivity index (χ4v) is 5.48. The highest BCUT2D eigenvalue weighted by Crippen LogP contribution is 2.36. The molecule has 1 amide bonds. The van der Waals surface area contributed by atoms with E-state index in [9.17, 15) is 22.0 Å². The maximum Gasteiger partial charge on any atom is 0.257 e. The molecule has 2 aliphatic rings. The molecule has 2 aromatic rings. The van der Waals surface area contributed by atoms with Crippen LogP contribution in [0.3, 0.4) is 0 Å². The van der Waals surface area contributed by atoms with Gasteiger partial charge in [0.25, 0.3) is 5.91 Å². The third kappa shape index (κ3) is 4.87. The van der Waals surface area contributed by atoms with Gasteiger partial charge in [-0.05, 0) is 55.7 Å². The monoisotopic (exact) mass is 461 g/mol. The molecule has 1 aromatic heterocycles. The van der Waals surface area contributed by atoms with Crippen molar-refractivity contribution in [1.29, 1.82) is 0 Å². The highest BCUT2D eigenvalue weighted by atomic mass is 32.2. The quantitative estimate of drug-likeness (QED) is 0.628. The first-order chi connectivity index (χ1) is 15.3. The van der Waals surface area contributed by atoms with Gasteiger partial charge in [0.15, 0.2) is 15.7 Å². The van der Waals surface area contributed by atoms with Crippen molar-refractivity contribution in [2.24, 2.45) is 5.92 Å². The molecule has 9 heteroatoms. The Bertz CT molecular complexity index is 1100. The van der Waals surface area contributed by atoms with Gasteiger partial charge in [0, 0.05) is 5.57 Å². The molecule has 0 spiro atoms. The second-order valence-electron chi connectivity index (χ2n) is 8.31. The van der Waals surface area contributed by atoms with Gasteiger partial charge in [0.05, 0.1) is 28.2 Å². The Balaban J connectivity index is 1.62. The highest BCUT2D eigenvalue weighted by Gasteiger charge is 2.37. The summed E-state index contributed by atoms with van der Waals surface area (Å²) in [6.07, 6.45) is 3.49. The number of carbonyl (C=O) groups is 1. The van der Waals surface area contributed by atoms with Crippen LogP contribution in [-0.4, -0.2) is 41.9 Å². The summed E-state index contributed by atoms with van der Waals surface area (Å²) >= 11 is 0. The molecule has 0 bridgehead atoms. The van der Waals surface area contributed by atoms with E-state index in [0.717, 1.165) is 5.69 Å². The number of hydrogen-bond acceptors (Lipinski definition) is 5. The van der Waals surface area contributed by atoms with E-state index in [1.807, 2.05) is 6.92 Å². The van der Waals surface area contributed by atoms with Crippen molar-refractivity contribution in [2.75, 3.05) is 5.32 Å². The molecule has 1 heterocycles. The molecule has 0 radical (unpaired) electrons. The van der Waals surface area contributed by atoms with Crippen LogP contribution >= 0.6 is 0 Å². The zero-order valence-corrected chi connectivity index (χ0v) is 18.5.